The third-order valence-corrected chi connectivity index (χ3v) is 1.35. The first-order valence-corrected chi connectivity index (χ1v) is 3.50. The van der Waals surface area contributed by atoms with Crippen molar-refractivity contribution in [3.63, 3.8) is 0 Å². The van der Waals surface area contributed by atoms with Crippen LogP contribution in [0.1, 0.15) is 0 Å². The van der Waals surface area contributed by atoms with Gasteiger partial charge in [-0.1, -0.05) is 11.5 Å². The summed E-state index contributed by atoms with van der Waals surface area (Å²) in [4.78, 5) is 3.08. The van der Waals surface area contributed by atoms with Crippen molar-refractivity contribution in [2.45, 2.75) is 6.61 Å². The summed E-state index contributed by atoms with van der Waals surface area (Å²) >= 11 is 0. The van der Waals surface area contributed by atoms with Gasteiger partial charge in [0, 0.05) is 6.20 Å². The molecule has 0 aliphatic rings. The van der Waals surface area contributed by atoms with Crippen molar-refractivity contribution in [1.82, 2.24) is 4.98 Å². The van der Waals surface area contributed by atoms with Crippen LogP contribution in [0.15, 0.2) is 18.3 Å². The molecule has 78 valence electrons. The van der Waals surface area contributed by atoms with Crippen LogP contribution in [0.2, 0.25) is 0 Å². The molecule has 0 aromatic carbocycles. The molecule has 2 nitrogen and oxygen atoms in total. The largest absolute Gasteiger partial charge is 1.00 e. The van der Waals surface area contributed by atoms with Crippen molar-refractivity contribution in [3.8, 4) is 5.88 Å². The Morgan fingerprint density at radius 1 is 1.20 bits per heavy atom. The van der Waals surface area contributed by atoms with E-state index in [1.165, 1.54) is 0 Å². The minimum atomic E-state index is -5.15. The quantitative estimate of drug-likeness (QED) is 0.494. The van der Waals surface area contributed by atoms with E-state index in [0.717, 1.165) is 6.07 Å². The monoisotopic (exact) mass is 251 g/mol. The molecular formula is C6H4BF5KNO. The second-order valence-electron chi connectivity index (χ2n) is 2.38. The summed E-state index contributed by atoms with van der Waals surface area (Å²) in [5.41, 5.74) is -0.952. The number of pyridine rings is 1. The maximum Gasteiger partial charge on any atom is 1.00 e. The standard InChI is InChI=1S/C6H4BF5NO.K/c8-6(9)14-5-2-1-4(3-13-5)7(10,11)12;/h1-3,6H;/q-1;+1. The van der Waals surface area contributed by atoms with Gasteiger partial charge in [0.25, 0.3) is 0 Å². The van der Waals surface area contributed by atoms with E-state index < -0.39 is 24.9 Å². The van der Waals surface area contributed by atoms with Gasteiger partial charge in [0.15, 0.2) is 0 Å². The van der Waals surface area contributed by atoms with E-state index in [2.05, 4.69) is 9.72 Å². The average molecular weight is 251 g/mol. The Morgan fingerprint density at radius 3 is 2.13 bits per heavy atom. The molecule has 0 spiro atoms. The van der Waals surface area contributed by atoms with Crippen molar-refractivity contribution in [2.75, 3.05) is 0 Å². The minimum absolute atomic E-state index is 0. The van der Waals surface area contributed by atoms with E-state index in [0.29, 0.717) is 12.3 Å². The first-order chi connectivity index (χ1) is 6.39. The molecule has 0 bridgehead atoms. The zero-order valence-electron chi connectivity index (χ0n) is 7.63. The molecule has 0 fully saturated rings. The summed E-state index contributed by atoms with van der Waals surface area (Å²) in [5.74, 6) is -0.538. The van der Waals surface area contributed by atoms with Gasteiger partial charge in [-0.3, -0.25) is 0 Å². The molecular weight excluding hydrogens is 247 g/mol. The van der Waals surface area contributed by atoms with Gasteiger partial charge in [-0.2, -0.15) is 8.78 Å². The summed E-state index contributed by atoms with van der Waals surface area (Å²) < 4.78 is 63.0. The Morgan fingerprint density at radius 2 is 1.80 bits per heavy atom. The molecule has 0 saturated carbocycles. The van der Waals surface area contributed by atoms with Crippen molar-refractivity contribution in [3.05, 3.63) is 18.3 Å². The van der Waals surface area contributed by atoms with Crippen LogP contribution >= 0.6 is 0 Å². The van der Waals surface area contributed by atoms with E-state index in [9.17, 15) is 21.7 Å². The number of rotatable bonds is 3. The van der Waals surface area contributed by atoms with Gasteiger partial charge in [-0.05, 0) is 6.07 Å². The van der Waals surface area contributed by atoms with E-state index in [4.69, 9.17) is 0 Å². The van der Waals surface area contributed by atoms with E-state index >= 15 is 0 Å². The minimum Gasteiger partial charge on any atom is -0.445 e. The fourth-order valence-corrected chi connectivity index (χ4v) is 0.746. The van der Waals surface area contributed by atoms with Gasteiger partial charge in [0.2, 0.25) is 5.88 Å². The van der Waals surface area contributed by atoms with Gasteiger partial charge in [-0.15, -0.1) is 0 Å². The third kappa shape index (κ3) is 5.25. The van der Waals surface area contributed by atoms with Crippen molar-refractivity contribution < 1.29 is 77.8 Å². The smallest absolute Gasteiger partial charge is 0.445 e. The number of ether oxygens (including phenoxy) is 1. The van der Waals surface area contributed by atoms with Crippen LogP contribution in [0.3, 0.4) is 0 Å². The van der Waals surface area contributed by atoms with Crippen molar-refractivity contribution >= 4 is 12.4 Å². The van der Waals surface area contributed by atoms with E-state index in [1.54, 1.807) is 0 Å². The molecule has 0 radical (unpaired) electrons. The number of hydrogen-bond donors (Lipinski definition) is 0. The Balaban J connectivity index is 0.00000196. The zero-order chi connectivity index (χ0) is 10.8. The Kier molecular flexibility index (Phi) is 6.26. The van der Waals surface area contributed by atoms with Crippen molar-refractivity contribution in [2.24, 2.45) is 0 Å². The van der Waals surface area contributed by atoms with Crippen LogP contribution in [-0.4, -0.2) is 18.6 Å². The number of nitrogens with zero attached hydrogens (tertiary/aromatic N) is 1. The van der Waals surface area contributed by atoms with Gasteiger partial charge in [-0.25, -0.2) is 4.98 Å². The number of halogens is 5. The second-order valence-corrected chi connectivity index (χ2v) is 2.38. The number of aromatic nitrogens is 1. The Labute approximate surface area is 125 Å². The molecule has 0 saturated heterocycles. The van der Waals surface area contributed by atoms with E-state index in [1.807, 2.05) is 0 Å². The SMILES string of the molecule is FC(F)Oc1ccc([B-](F)(F)F)cn1.[K+]. The van der Waals surface area contributed by atoms with Gasteiger partial charge >= 0.3 is 65.0 Å². The molecule has 9 heteroatoms. The van der Waals surface area contributed by atoms with Crippen LogP contribution in [0.5, 0.6) is 5.88 Å². The third-order valence-electron chi connectivity index (χ3n) is 1.35. The fraction of sp³-hybridized carbons (Fsp3) is 0.167. The maximum absolute atomic E-state index is 12.0. The predicted molar refractivity (Wildman–Crippen MR) is 39.6 cm³/mol. The predicted octanol–water partition coefficient (Wildman–Crippen LogP) is -1.26. The summed E-state index contributed by atoms with van der Waals surface area (Å²) in [5, 5.41) is 0. The molecule has 1 heterocycles. The maximum atomic E-state index is 12.0. The molecule has 0 aliphatic carbocycles. The average Bonchev–Trinajstić information content (AvgIpc) is 2.02. The molecule has 0 amide bonds. The van der Waals surface area contributed by atoms with Gasteiger partial charge in [0.05, 0.1) is 0 Å². The molecule has 1 rings (SSSR count). The molecule has 0 unspecified atom stereocenters. The topological polar surface area (TPSA) is 22.1 Å². The molecule has 1 aromatic heterocycles. The molecule has 1 aromatic rings. The first kappa shape index (κ1) is 15.3. The summed E-state index contributed by atoms with van der Waals surface area (Å²) in [6.45, 7) is -8.24. The van der Waals surface area contributed by atoms with Gasteiger partial charge in [0.1, 0.15) is 0 Å². The van der Waals surface area contributed by atoms with Crippen LogP contribution in [0, 0.1) is 0 Å². The summed E-state index contributed by atoms with van der Waals surface area (Å²) in [7, 11) is 0. The summed E-state index contributed by atoms with van der Waals surface area (Å²) in [6, 6.07) is 1.39. The number of alkyl halides is 2. The first-order valence-electron chi connectivity index (χ1n) is 3.50. The van der Waals surface area contributed by atoms with E-state index in [-0.39, 0.29) is 51.4 Å². The molecule has 0 atom stereocenters. The molecule has 0 aliphatic heterocycles. The molecule has 0 N–H and O–H groups in total. The zero-order valence-corrected chi connectivity index (χ0v) is 10.8. The Bertz CT molecular complexity index is 303. The number of hydrogen-bond acceptors (Lipinski definition) is 2. The Hall–Kier alpha value is 0.301. The van der Waals surface area contributed by atoms with Gasteiger partial charge < -0.3 is 17.7 Å². The van der Waals surface area contributed by atoms with Crippen LogP contribution in [0.25, 0.3) is 0 Å². The van der Waals surface area contributed by atoms with Crippen molar-refractivity contribution in [1.29, 1.82) is 0 Å². The molecule has 15 heavy (non-hydrogen) atoms. The normalized spacial score (nSPS) is 11.1. The van der Waals surface area contributed by atoms with Crippen LogP contribution in [0.4, 0.5) is 21.7 Å². The second kappa shape index (κ2) is 6.14. The summed E-state index contributed by atoms with van der Waals surface area (Å²) in [6.07, 6.45) is 0.456. The fourth-order valence-electron chi connectivity index (χ4n) is 0.746. The van der Waals surface area contributed by atoms with Crippen LogP contribution in [-0.2, 0) is 0 Å². The van der Waals surface area contributed by atoms with Crippen LogP contribution < -0.4 is 61.6 Å².